The van der Waals surface area contributed by atoms with E-state index in [2.05, 4.69) is 10.9 Å². The number of terminal acetylenes is 1. The summed E-state index contributed by atoms with van der Waals surface area (Å²) in [6, 6.07) is 3.27. The number of pyridine rings is 1. The predicted molar refractivity (Wildman–Crippen MR) is 55.0 cm³/mol. The SMILES string of the molecule is C#CCN(C)C(=O)c1cccnc1Cl. The zero-order valence-electron chi connectivity index (χ0n) is 7.70. The smallest absolute Gasteiger partial charge is 0.257 e. The number of rotatable bonds is 2. The van der Waals surface area contributed by atoms with E-state index < -0.39 is 0 Å². The number of carbonyl (C=O) groups excluding carboxylic acids is 1. The van der Waals surface area contributed by atoms with Crippen LogP contribution in [0.5, 0.6) is 0 Å². The Balaban J connectivity index is 2.91. The van der Waals surface area contributed by atoms with Gasteiger partial charge in [0.1, 0.15) is 5.15 Å². The van der Waals surface area contributed by atoms with Gasteiger partial charge in [0, 0.05) is 13.2 Å². The van der Waals surface area contributed by atoms with Crippen LogP contribution in [0.2, 0.25) is 5.15 Å². The quantitative estimate of drug-likeness (QED) is 0.544. The molecule has 0 aliphatic carbocycles. The van der Waals surface area contributed by atoms with E-state index in [4.69, 9.17) is 18.0 Å². The Morgan fingerprint density at radius 1 is 1.79 bits per heavy atom. The molecule has 0 spiro atoms. The van der Waals surface area contributed by atoms with Gasteiger partial charge in [-0.2, -0.15) is 0 Å². The molecule has 1 aromatic heterocycles. The molecule has 0 bridgehead atoms. The monoisotopic (exact) mass is 208 g/mol. The minimum absolute atomic E-state index is 0.196. The third-order valence-electron chi connectivity index (χ3n) is 1.66. The molecule has 3 nitrogen and oxygen atoms in total. The third kappa shape index (κ3) is 2.24. The molecule has 1 aromatic rings. The first-order valence-corrected chi connectivity index (χ1v) is 4.34. The molecule has 0 aliphatic rings. The minimum Gasteiger partial charge on any atom is -0.330 e. The van der Waals surface area contributed by atoms with Crippen molar-refractivity contribution in [3.8, 4) is 12.3 Å². The summed E-state index contributed by atoms with van der Waals surface area (Å²) in [4.78, 5) is 16.9. The average Bonchev–Trinajstić information content (AvgIpc) is 2.18. The van der Waals surface area contributed by atoms with Crippen LogP contribution in [0.3, 0.4) is 0 Å². The maximum absolute atomic E-state index is 11.7. The van der Waals surface area contributed by atoms with Gasteiger partial charge >= 0.3 is 0 Å². The minimum atomic E-state index is -0.221. The molecule has 14 heavy (non-hydrogen) atoms. The molecule has 0 N–H and O–H groups in total. The van der Waals surface area contributed by atoms with E-state index in [1.165, 1.54) is 11.1 Å². The fourth-order valence-corrected chi connectivity index (χ4v) is 1.16. The second kappa shape index (κ2) is 4.64. The highest BCUT2D eigenvalue weighted by Gasteiger charge is 2.13. The van der Waals surface area contributed by atoms with Crippen LogP contribution in [0.25, 0.3) is 0 Å². The lowest BCUT2D eigenvalue weighted by molar-refractivity contribution is 0.0812. The molecule has 1 heterocycles. The summed E-state index contributed by atoms with van der Waals surface area (Å²) in [5, 5.41) is 0.196. The lowest BCUT2D eigenvalue weighted by Gasteiger charge is -2.13. The zero-order valence-corrected chi connectivity index (χ0v) is 8.45. The summed E-state index contributed by atoms with van der Waals surface area (Å²) >= 11 is 5.75. The number of aromatic nitrogens is 1. The molecule has 0 fully saturated rings. The lowest BCUT2D eigenvalue weighted by atomic mass is 10.2. The first kappa shape index (κ1) is 10.6. The normalized spacial score (nSPS) is 9.21. The molecular weight excluding hydrogens is 200 g/mol. The van der Waals surface area contributed by atoms with Gasteiger partial charge in [0.05, 0.1) is 12.1 Å². The Morgan fingerprint density at radius 2 is 2.50 bits per heavy atom. The standard InChI is InChI=1S/C10H9ClN2O/c1-3-7-13(2)10(14)8-5-4-6-12-9(8)11/h1,4-6H,7H2,2H3. The van der Waals surface area contributed by atoms with Crippen molar-refractivity contribution in [1.29, 1.82) is 0 Å². The first-order valence-electron chi connectivity index (χ1n) is 3.96. The van der Waals surface area contributed by atoms with Gasteiger partial charge in [-0.05, 0) is 12.1 Å². The number of hydrogen-bond acceptors (Lipinski definition) is 2. The van der Waals surface area contributed by atoms with E-state index in [1.807, 2.05) is 0 Å². The summed E-state index contributed by atoms with van der Waals surface area (Å²) in [5.74, 6) is 2.16. The number of nitrogens with zero attached hydrogens (tertiary/aromatic N) is 2. The average molecular weight is 209 g/mol. The first-order chi connectivity index (χ1) is 6.66. The molecule has 0 saturated carbocycles. The fourth-order valence-electron chi connectivity index (χ4n) is 0.960. The maximum atomic E-state index is 11.7. The fraction of sp³-hybridized carbons (Fsp3) is 0.200. The molecule has 0 saturated heterocycles. The molecule has 1 rings (SSSR count). The molecule has 0 aliphatic heterocycles. The number of halogens is 1. The van der Waals surface area contributed by atoms with Crippen LogP contribution in [0.15, 0.2) is 18.3 Å². The van der Waals surface area contributed by atoms with Crippen molar-refractivity contribution in [2.45, 2.75) is 0 Å². The van der Waals surface area contributed by atoms with Crippen LogP contribution >= 0.6 is 11.6 Å². The van der Waals surface area contributed by atoms with E-state index in [0.29, 0.717) is 5.56 Å². The molecule has 72 valence electrons. The zero-order chi connectivity index (χ0) is 10.6. The van der Waals surface area contributed by atoms with E-state index >= 15 is 0 Å². The maximum Gasteiger partial charge on any atom is 0.257 e. The van der Waals surface area contributed by atoms with Crippen molar-refractivity contribution in [2.75, 3.05) is 13.6 Å². The van der Waals surface area contributed by atoms with Gasteiger partial charge in [0.15, 0.2) is 0 Å². The van der Waals surface area contributed by atoms with E-state index in [-0.39, 0.29) is 17.6 Å². The lowest BCUT2D eigenvalue weighted by Crippen LogP contribution is -2.27. The second-order valence-electron chi connectivity index (χ2n) is 2.71. The number of amides is 1. The van der Waals surface area contributed by atoms with E-state index in [1.54, 1.807) is 19.2 Å². The number of hydrogen-bond donors (Lipinski definition) is 0. The Morgan fingerprint density at radius 3 is 3.07 bits per heavy atom. The molecule has 0 aromatic carbocycles. The van der Waals surface area contributed by atoms with E-state index in [9.17, 15) is 4.79 Å². The second-order valence-corrected chi connectivity index (χ2v) is 3.07. The summed E-state index contributed by atoms with van der Waals surface area (Å²) in [7, 11) is 1.62. The van der Waals surface area contributed by atoms with Gasteiger partial charge in [-0.25, -0.2) is 4.98 Å². The predicted octanol–water partition coefficient (Wildman–Crippen LogP) is 1.44. The van der Waals surface area contributed by atoms with Gasteiger partial charge in [0.2, 0.25) is 0 Å². The molecular formula is C10H9ClN2O. The largest absolute Gasteiger partial charge is 0.330 e. The van der Waals surface area contributed by atoms with Crippen molar-refractivity contribution in [2.24, 2.45) is 0 Å². The highest BCUT2D eigenvalue weighted by Crippen LogP contribution is 2.13. The molecule has 1 amide bonds. The van der Waals surface area contributed by atoms with Gasteiger partial charge in [-0.1, -0.05) is 17.5 Å². The number of carbonyl (C=O) groups is 1. The Kier molecular flexibility index (Phi) is 3.49. The van der Waals surface area contributed by atoms with Crippen molar-refractivity contribution in [1.82, 2.24) is 9.88 Å². The molecule has 0 unspecified atom stereocenters. The summed E-state index contributed by atoms with van der Waals surface area (Å²) in [5.41, 5.74) is 0.368. The summed E-state index contributed by atoms with van der Waals surface area (Å²) in [6.07, 6.45) is 6.62. The van der Waals surface area contributed by atoms with Crippen LogP contribution in [-0.4, -0.2) is 29.4 Å². The Hall–Kier alpha value is -1.53. The molecule has 0 atom stereocenters. The van der Waals surface area contributed by atoms with Gasteiger partial charge in [0.25, 0.3) is 5.91 Å². The third-order valence-corrected chi connectivity index (χ3v) is 1.97. The summed E-state index contributed by atoms with van der Waals surface area (Å²) in [6.45, 7) is 0.254. The van der Waals surface area contributed by atoms with Crippen LogP contribution in [0.1, 0.15) is 10.4 Å². The topological polar surface area (TPSA) is 33.2 Å². The van der Waals surface area contributed by atoms with Crippen LogP contribution in [0, 0.1) is 12.3 Å². The van der Waals surface area contributed by atoms with Crippen LogP contribution in [-0.2, 0) is 0 Å². The molecule has 0 radical (unpaired) electrons. The van der Waals surface area contributed by atoms with Crippen molar-refractivity contribution in [3.05, 3.63) is 29.0 Å². The Bertz CT molecular complexity index is 384. The highest BCUT2D eigenvalue weighted by atomic mass is 35.5. The van der Waals surface area contributed by atoms with Crippen molar-refractivity contribution >= 4 is 17.5 Å². The Labute approximate surface area is 87.7 Å². The summed E-state index contributed by atoms with van der Waals surface area (Å²) < 4.78 is 0. The highest BCUT2D eigenvalue weighted by molar-refractivity contribution is 6.32. The molecule has 4 heteroatoms. The van der Waals surface area contributed by atoms with Gasteiger partial charge < -0.3 is 4.90 Å². The van der Waals surface area contributed by atoms with Crippen molar-refractivity contribution in [3.63, 3.8) is 0 Å². The van der Waals surface area contributed by atoms with Crippen LogP contribution < -0.4 is 0 Å². The van der Waals surface area contributed by atoms with Gasteiger partial charge in [-0.15, -0.1) is 6.42 Å². The van der Waals surface area contributed by atoms with E-state index in [0.717, 1.165) is 0 Å². The van der Waals surface area contributed by atoms with Crippen LogP contribution in [0.4, 0.5) is 0 Å². The van der Waals surface area contributed by atoms with Gasteiger partial charge in [-0.3, -0.25) is 4.79 Å². The van der Waals surface area contributed by atoms with Crippen molar-refractivity contribution < 1.29 is 4.79 Å².